The van der Waals surface area contributed by atoms with Crippen LogP contribution in [0, 0.1) is 0 Å². The molecule has 0 saturated heterocycles. The van der Waals surface area contributed by atoms with E-state index in [0.29, 0.717) is 19.3 Å². The molecule has 0 aromatic rings. The molecule has 0 aliphatic carbocycles. The highest BCUT2D eigenvalue weighted by molar-refractivity contribution is 5.71. The second-order valence-electron chi connectivity index (χ2n) is 21.0. The van der Waals surface area contributed by atoms with Crippen LogP contribution in [0.25, 0.3) is 0 Å². The molecule has 0 spiro atoms. The quantitative estimate of drug-likeness (QED) is 0.0261. The molecule has 0 bridgehead atoms. The summed E-state index contributed by atoms with van der Waals surface area (Å²) in [7, 11) is 0. The Balaban J connectivity index is 4.27. The predicted molar refractivity (Wildman–Crippen MR) is 325 cm³/mol. The van der Waals surface area contributed by atoms with E-state index < -0.39 is 6.10 Å². The summed E-state index contributed by atoms with van der Waals surface area (Å²) in [5.41, 5.74) is 0. The molecular weight excluding hydrogens is 925 g/mol. The van der Waals surface area contributed by atoms with E-state index in [1.165, 1.54) is 154 Å². The van der Waals surface area contributed by atoms with E-state index in [0.717, 1.165) is 109 Å². The minimum atomic E-state index is -0.793. The zero-order valence-electron chi connectivity index (χ0n) is 49.3. The Bertz CT molecular complexity index is 1480. The van der Waals surface area contributed by atoms with Crippen molar-refractivity contribution in [3.8, 4) is 0 Å². The summed E-state index contributed by atoms with van der Waals surface area (Å²) >= 11 is 0. The minimum Gasteiger partial charge on any atom is -0.462 e. The van der Waals surface area contributed by atoms with E-state index in [9.17, 15) is 14.4 Å². The van der Waals surface area contributed by atoms with Crippen molar-refractivity contribution in [1.82, 2.24) is 0 Å². The van der Waals surface area contributed by atoms with E-state index >= 15 is 0 Å². The molecule has 0 aromatic carbocycles. The Kier molecular flexibility index (Phi) is 59.8. The Labute approximate surface area is 464 Å². The standard InChI is InChI=1S/C69H118O6/c1-4-7-10-13-16-19-21-23-25-27-29-31-33-34-35-36-37-39-40-42-44-46-48-50-53-56-59-62-68(71)74-65-66(64-73-67(70)61-58-55-52-18-15-12-9-6-3)75-69(72)63-60-57-54-51-49-47-45-43-41-38-32-30-28-26-24-22-20-17-14-11-8-5-2/h7,10,16,19,23,25,29,31,34-35,37,39,42,44,48,50,66H,4-6,8-9,11-15,17-18,20-22,24,26-28,30,32-33,36,38,40-41,43,45-47,49,51-65H2,1-3H3/b10-7-,19-16-,25-23-,31-29-,35-34-,39-37-,44-42-,50-48-. The van der Waals surface area contributed by atoms with Crippen LogP contribution in [-0.4, -0.2) is 37.2 Å². The van der Waals surface area contributed by atoms with Gasteiger partial charge in [-0.2, -0.15) is 0 Å². The summed E-state index contributed by atoms with van der Waals surface area (Å²) in [6, 6.07) is 0. The molecule has 0 aromatic heterocycles. The zero-order chi connectivity index (χ0) is 54.3. The van der Waals surface area contributed by atoms with Crippen molar-refractivity contribution >= 4 is 17.9 Å². The third-order valence-corrected chi connectivity index (χ3v) is 13.6. The van der Waals surface area contributed by atoms with Crippen molar-refractivity contribution in [2.75, 3.05) is 13.2 Å². The molecule has 1 atom stereocenters. The van der Waals surface area contributed by atoms with Gasteiger partial charge in [-0.15, -0.1) is 0 Å². The van der Waals surface area contributed by atoms with Gasteiger partial charge in [0.05, 0.1) is 0 Å². The number of hydrogen-bond acceptors (Lipinski definition) is 6. The van der Waals surface area contributed by atoms with Crippen LogP contribution in [0.5, 0.6) is 0 Å². The topological polar surface area (TPSA) is 78.9 Å². The average Bonchev–Trinajstić information content (AvgIpc) is 3.41. The van der Waals surface area contributed by atoms with E-state index in [1.54, 1.807) is 0 Å². The second kappa shape index (κ2) is 62.9. The number of ether oxygens (including phenoxy) is 3. The maximum absolute atomic E-state index is 12.9. The van der Waals surface area contributed by atoms with E-state index in [4.69, 9.17) is 14.2 Å². The number of carbonyl (C=O) groups excluding carboxylic acids is 3. The lowest BCUT2D eigenvalue weighted by atomic mass is 10.0. The van der Waals surface area contributed by atoms with Gasteiger partial charge in [0.2, 0.25) is 0 Å². The van der Waals surface area contributed by atoms with Crippen LogP contribution in [0.3, 0.4) is 0 Å². The molecule has 6 heteroatoms. The SMILES string of the molecule is CC/C=C\C/C=C\C/C=C\C/C=C\C/C=C\C/C=C\C/C=C\C/C=C\CCCCC(=O)OCC(COC(=O)CCCCCCCCCC)OC(=O)CCCCCCCCCCCCCCCCCCCCCCCC. The molecule has 0 fully saturated rings. The highest BCUT2D eigenvalue weighted by atomic mass is 16.6. The van der Waals surface area contributed by atoms with Gasteiger partial charge in [-0.1, -0.05) is 298 Å². The van der Waals surface area contributed by atoms with Crippen molar-refractivity contribution < 1.29 is 28.6 Å². The lowest BCUT2D eigenvalue weighted by Gasteiger charge is -2.18. The lowest BCUT2D eigenvalue weighted by molar-refractivity contribution is -0.167. The average molecular weight is 1040 g/mol. The molecule has 75 heavy (non-hydrogen) atoms. The van der Waals surface area contributed by atoms with Gasteiger partial charge in [-0.05, 0) is 83.5 Å². The predicted octanol–water partition coefficient (Wildman–Crippen LogP) is 21.7. The van der Waals surface area contributed by atoms with Crippen LogP contribution >= 0.6 is 0 Å². The number of hydrogen-bond donors (Lipinski definition) is 0. The van der Waals surface area contributed by atoms with Gasteiger partial charge < -0.3 is 14.2 Å². The first-order valence-corrected chi connectivity index (χ1v) is 31.7. The maximum Gasteiger partial charge on any atom is 0.306 e. The summed E-state index contributed by atoms with van der Waals surface area (Å²) in [5.74, 6) is -0.928. The van der Waals surface area contributed by atoms with Crippen LogP contribution in [0.15, 0.2) is 97.2 Å². The van der Waals surface area contributed by atoms with Crippen molar-refractivity contribution in [3.05, 3.63) is 97.2 Å². The number of esters is 3. The fourth-order valence-electron chi connectivity index (χ4n) is 8.87. The second-order valence-corrected chi connectivity index (χ2v) is 21.0. The normalized spacial score (nSPS) is 12.7. The summed E-state index contributed by atoms with van der Waals surface area (Å²) in [4.78, 5) is 38.1. The van der Waals surface area contributed by atoms with Crippen LogP contribution < -0.4 is 0 Å². The number of carbonyl (C=O) groups is 3. The van der Waals surface area contributed by atoms with Crippen molar-refractivity contribution in [1.29, 1.82) is 0 Å². The molecule has 430 valence electrons. The van der Waals surface area contributed by atoms with E-state index in [2.05, 4.69) is 118 Å². The third-order valence-electron chi connectivity index (χ3n) is 13.6. The first-order chi connectivity index (χ1) is 37.0. The van der Waals surface area contributed by atoms with Gasteiger partial charge >= 0.3 is 17.9 Å². The van der Waals surface area contributed by atoms with Gasteiger partial charge in [0.1, 0.15) is 13.2 Å². The largest absolute Gasteiger partial charge is 0.462 e. The van der Waals surface area contributed by atoms with E-state index in [1.807, 2.05) is 0 Å². The Hall–Kier alpha value is -3.67. The molecule has 0 aliphatic heterocycles. The highest BCUT2D eigenvalue weighted by Crippen LogP contribution is 2.17. The van der Waals surface area contributed by atoms with Crippen LogP contribution in [0.2, 0.25) is 0 Å². The minimum absolute atomic E-state index is 0.0884. The molecule has 0 amide bonds. The number of allylic oxidation sites excluding steroid dienone is 16. The fraction of sp³-hybridized carbons (Fsp3) is 0.725. The zero-order valence-corrected chi connectivity index (χ0v) is 49.3. The maximum atomic E-state index is 12.9. The lowest BCUT2D eigenvalue weighted by Crippen LogP contribution is -2.30. The van der Waals surface area contributed by atoms with Crippen LogP contribution in [0.1, 0.15) is 303 Å². The molecular formula is C69H118O6. The molecule has 0 radical (unpaired) electrons. The van der Waals surface area contributed by atoms with Crippen LogP contribution in [-0.2, 0) is 28.6 Å². The molecule has 0 saturated carbocycles. The third kappa shape index (κ3) is 61.1. The molecule has 6 nitrogen and oxygen atoms in total. The van der Waals surface area contributed by atoms with Crippen molar-refractivity contribution in [2.24, 2.45) is 0 Å². The van der Waals surface area contributed by atoms with Gasteiger partial charge in [-0.25, -0.2) is 0 Å². The van der Waals surface area contributed by atoms with Gasteiger partial charge in [0.15, 0.2) is 6.10 Å². The van der Waals surface area contributed by atoms with Gasteiger partial charge in [0.25, 0.3) is 0 Å². The first kappa shape index (κ1) is 71.3. The van der Waals surface area contributed by atoms with Crippen LogP contribution in [0.4, 0.5) is 0 Å². The summed E-state index contributed by atoms with van der Waals surface area (Å²) in [6.45, 7) is 6.49. The Morgan fingerprint density at radius 1 is 0.280 bits per heavy atom. The van der Waals surface area contributed by atoms with Gasteiger partial charge in [-0.3, -0.25) is 14.4 Å². The first-order valence-electron chi connectivity index (χ1n) is 31.7. The molecule has 0 aliphatic rings. The summed E-state index contributed by atoms with van der Waals surface area (Å²) in [5, 5.41) is 0. The van der Waals surface area contributed by atoms with Crippen molar-refractivity contribution in [3.63, 3.8) is 0 Å². The summed E-state index contributed by atoms with van der Waals surface area (Å²) in [6.07, 6.45) is 84.3. The molecule has 0 heterocycles. The number of rotatable bonds is 57. The molecule has 0 N–H and O–H groups in total. The van der Waals surface area contributed by atoms with Gasteiger partial charge in [0, 0.05) is 19.3 Å². The smallest absolute Gasteiger partial charge is 0.306 e. The van der Waals surface area contributed by atoms with Crippen molar-refractivity contribution in [2.45, 2.75) is 309 Å². The highest BCUT2D eigenvalue weighted by Gasteiger charge is 2.19. The monoisotopic (exact) mass is 1040 g/mol. The fourth-order valence-corrected chi connectivity index (χ4v) is 8.87. The molecule has 1 unspecified atom stereocenters. The Morgan fingerprint density at radius 3 is 0.813 bits per heavy atom. The molecule has 0 rings (SSSR count). The number of unbranched alkanes of at least 4 members (excludes halogenated alkanes) is 30. The van der Waals surface area contributed by atoms with E-state index in [-0.39, 0.29) is 31.1 Å². The summed E-state index contributed by atoms with van der Waals surface area (Å²) < 4.78 is 16.8. The Morgan fingerprint density at radius 2 is 0.520 bits per heavy atom.